The van der Waals surface area contributed by atoms with Crippen LogP contribution in [0.5, 0.6) is 0 Å². The third-order valence-electron chi connectivity index (χ3n) is 2.76. The number of nitrogens with one attached hydrogen (secondary N) is 1. The Morgan fingerprint density at radius 3 is 2.21 bits per heavy atom. The summed E-state index contributed by atoms with van der Waals surface area (Å²) in [5, 5.41) is 3.17. The second-order valence-corrected chi connectivity index (χ2v) is 4.92. The van der Waals surface area contributed by atoms with Gasteiger partial charge in [0.1, 0.15) is 6.04 Å². The third-order valence-corrected chi connectivity index (χ3v) is 2.76. The van der Waals surface area contributed by atoms with Crippen molar-refractivity contribution in [1.29, 1.82) is 0 Å². The number of carbonyl (C=O) groups excluding carboxylic acids is 1. The summed E-state index contributed by atoms with van der Waals surface area (Å²) >= 11 is 0. The van der Waals surface area contributed by atoms with E-state index in [4.69, 9.17) is 0 Å². The summed E-state index contributed by atoms with van der Waals surface area (Å²) in [5.41, 5.74) is 0.267. The van der Waals surface area contributed by atoms with E-state index in [0.717, 1.165) is 6.54 Å². The Kier molecular flexibility index (Phi) is 5.13. The Balaban J connectivity index is 3.89. The van der Waals surface area contributed by atoms with Crippen LogP contribution >= 0.6 is 0 Å². The van der Waals surface area contributed by atoms with E-state index in [1.54, 1.807) is 0 Å². The molecule has 0 saturated carbocycles. The van der Waals surface area contributed by atoms with Crippen LogP contribution in [0.4, 0.5) is 0 Å². The van der Waals surface area contributed by atoms with E-state index in [1.165, 1.54) is 7.11 Å². The summed E-state index contributed by atoms with van der Waals surface area (Å²) in [6.45, 7) is 11.4. The Hall–Kier alpha value is -0.570. The average molecular weight is 201 g/mol. The molecule has 0 heterocycles. The van der Waals surface area contributed by atoms with Crippen molar-refractivity contribution in [2.75, 3.05) is 13.7 Å². The van der Waals surface area contributed by atoms with Crippen LogP contribution in [0.25, 0.3) is 0 Å². The van der Waals surface area contributed by atoms with E-state index in [2.05, 4.69) is 37.7 Å². The SMILES string of the molecule is COC(=O)C(C)NCC(C)C(C)(C)C. The molecule has 2 atom stereocenters. The zero-order chi connectivity index (χ0) is 11.4. The predicted molar refractivity (Wildman–Crippen MR) is 58.1 cm³/mol. The van der Waals surface area contributed by atoms with Gasteiger partial charge >= 0.3 is 5.97 Å². The first-order valence-electron chi connectivity index (χ1n) is 5.10. The van der Waals surface area contributed by atoms with Gasteiger partial charge in [-0.05, 0) is 24.8 Å². The molecule has 0 aliphatic heterocycles. The maximum atomic E-state index is 11.1. The molecule has 0 bridgehead atoms. The van der Waals surface area contributed by atoms with E-state index < -0.39 is 0 Å². The lowest BCUT2D eigenvalue weighted by atomic mass is 9.82. The van der Waals surface area contributed by atoms with Gasteiger partial charge in [0.15, 0.2) is 0 Å². The Morgan fingerprint density at radius 1 is 1.36 bits per heavy atom. The zero-order valence-corrected chi connectivity index (χ0v) is 10.2. The number of carbonyl (C=O) groups is 1. The minimum atomic E-state index is -0.218. The number of ether oxygens (including phenoxy) is 1. The van der Waals surface area contributed by atoms with Crippen molar-refractivity contribution in [1.82, 2.24) is 5.32 Å². The highest BCUT2D eigenvalue weighted by atomic mass is 16.5. The van der Waals surface area contributed by atoms with E-state index in [1.807, 2.05) is 6.92 Å². The van der Waals surface area contributed by atoms with Crippen LogP contribution in [0.15, 0.2) is 0 Å². The Morgan fingerprint density at radius 2 is 1.86 bits per heavy atom. The molecule has 0 saturated heterocycles. The summed E-state index contributed by atoms with van der Waals surface area (Å²) in [4.78, 5) is 11.1. The van der Waals surface area contributed by atoms with Crippen LogP contribution in [0.2, 0.25) is 0 Å². The van der Waals surface area contributed by atoms with Crippen molar-refractivity contribution < 1.29 is 9.53 Å². The van der Waals surface area contributed by atoms with Crippen LogP contribution in [-0.2, 0) is 9.53 Å². The van der Waals surface area contributed by atoms with E-state index in [0.29, 0.717) is 5.92 Å². The highest BCUT2D eigenvalue weighted by Crippen LogP contribution is 2.24. The van der Waals surface area contributed by atoms with E-state index >= 15 is 0 Å². The van der Waals surface area contributed by atoms with Crippen molar-refractivity contribution in [3.8, 4) is 0 Å². The molecular weight excluding hydrogens is 178 g/mol. The minimum absolute atomic E-state index is 0.203. The zero-order valence-electron chi connectivity index (χ0n) is 10.2. The number of rotatable bonds is 4. The van der Waals surface area contributed by atoms with Crippen LogP contribution in [0.1, 0.15) is 34.6 Å². The molecule has 3 heteroatoms. The van der Waals surface area contributed by atoms with Gasteiger partial charge in [-0.1, -0.05) is 27.7 Å². The molecule has 0 fully saturated rings. The number of esters is 1. The molecule has 84 valence electrons. The molecule has 0 aliphatic carbocycles. The monoisotopic (exact) mass is 201 g/mol. The molecule has 1 N–H and O–H groups in total. The summed E-state index contributed by atoms with van der Waals surface area (Å²) in [7, 11) is 1.41. The van der Waals surface area contributed by atoms with Gasteiger partial charge in [0, 0.05) is 0 Å². The highest BCUT2D eigenvalue weighted by molar-refractivity contribution is 5.75. The maximum Gasteiger partial charge on any atom is 0.322 e. The van der Waals surface area contributed by atoms with Crippen molar-refractivity contribution in [2.24, 2.45) is 11.3 Å². The molecular formula is C11H23NO2. The number of methoxy groups -OCH3 is 1. The Bertz CT molecular complexity index is 184. The van der Waals surface area contributed by atoms with Crippen LogP contribution in [-0.4, -0.2) is 25.7 Å². The molecule has 0 spiro atoms. The second kappa shape index (κ2) is 5.35. The lowest BCUT2D eigenvalue weighted by molar-refractivity contribution is -0.142. The molecule has 3 nitrogen and oxygen atoms in total. The number of hydrogen-bond acceptors (Lipinski definition) is 3. The van der Waals surface area contributed by atoms with Gasteiger partial charge in [0.05, 0.1) is 7.11 Å². The molecule has 0 aliphatic rings. The summed E-state index contributed by atoms with van der Waals surface area (Å²) in [6.07, 6.45) is 0. The normalized spacial score (nSPS) is 16.1. The van der Waals surface area contributed by atoms with Gasteiger partial charge in [-0.25, -0.2) is 0 Å². The van der Waals surface area contributed by atoms with Gasteiger partial charge in [-0.3, -0.25) is 4.79 Å². The number of hydrogen-bond donors (Lipinski definition) is 1. The first-order chi connectivity index (χ1) is 6.29. The van der Waals surface area contributed by atoms with Gasteiger partial charge in [-0.15, -0.1) is 0 Å². The largest absolute Gasteiger partial charge is 0.468 e. The predicted octanol–water partition coefficient (Wildman–Crippen LogP) is 1.82. The standard InChI is InChI=1S/C11H23NO2/c1-8(11(3,4)5)7-12-9(2)10(13)14-6/h8-9,12H,7H2,1-6H3. The van der Waals surface area contributed by atoms with E-state index in [9.17, 15) is 4.79 Å². The fraction of sp³-hybridized carbons (Fsp3) is 0.909. The van der Waals surface area contributed by atoms with Gasteiger partial charge in [-0.2, -0.15) is 0 Å². The fourth-order valence-corrected chi connectivity index (χ4v) is 0.920. The molecule has 2 unspecified atom stereocenters. The van der Waals surface area contributed by atoms with Crippen molar-refractivity contribution in [3.63, 3.8) is 0 Å². The molecule has 0 aromatic rings. The first-order valence-corrected chi connectivity index (χ1v) is 5.10. The molecule has 0 radical (unpaired) electrons. The van der Waals surface area contributed by atoms with E-state index in [-0.39, 0.29) is 17.4 Å². The van der Waals surface area contributed by atoms with Gasteiger partial charge in [0.2, 0.25) is 0 Å². The smallest absolute Gasteiger partial charge is 0.322 e. The van der Waals surface area contributed by atoms with Crippen LogP contribution in [0.3, 0.4) is 0 Å². The molecule has 14 heavy (non-hydrogen) atoms. The Labute approximate surface area is 87.2 Å². The molecule has 0 rings (SSSR count). The minimum Gasteiger partial charge on any atom is -0.468 e. The molecule has 0 aromatic heterocycles. The molecule has 0 aromatic carbocycles. The summed E-state index contributed by atoms with van der Waals surface area (Å²) < 4.78 is 4.63. The van der Waals surface area contributed by atoms with Crippen LogP contribution in [0, 0.1) is 11.3 Å². The van der Waals surface area contributed by atoms with Gasteiger partial charge < -0.3 is 10.1 Å². The summed E-state index contributed by atoms with van der Waals surface area (Å²) in [6, 6.07) is -0.218. The van der Waals surface area contributed by atoms with Gasteiger partial charge in [0.25, 0.3) is 0 Å². The second-order valence-electron chi connectivity index (χ2n) is 4.92. The van der Waals surface area contributed by atoms with Crippen molar-refractivity contribution >= 4 is 5.97 Å². The molecule has 0 amide bonds. The summed E-state index contributed by atoms with van der Waals surface area (Å²) in [5.74, 6) is 0.320. The lowest BCUT2D eigenvalue weighted by Crippen LogP contribution is -2.39. The van der Waals surface area contributed by atoms with Crippen molar-refractivity contribution in [2.45, 2.75) is 40.7 Å². The third kappa shape index (κ3) is 4.61. The van der Waals surface area contributed by atoms with Crippen LogP contribution < -0.4 is 5.32 Å². The topological polar surface area (TPSA) is 38.3 Å². The first kappa shape index (κ1) is 13.4. The average Bonchev–Trinajstić information content (AvgIpc) is 2.10. The van der Waals surface area contributed by atoms with Crippen molar-refractivity contribution in [3.05, 3.63) is 0 Å². The fourth-order valence-electron chi connectivity index (χ4n) is 0.920. The quantitative estimate of drug-likeness (QED) is 0.705. The highest BCUT2D eigenvalue weighted by Gasteiger charge is 2.21. The lowest BCUT2D eigenvalue weighted by Gasteiger charge is -2.28. The maximum absolute atomic E-state index is 11.1.